The van der Waals surface area contributed by atoms with Crippen molar-refractivity contribution in [2.24, 2.45) is 0 Å². The molecule has 0 saturated heterocycles. The number of fused-ring (bicyclic) bond motifs is 1. The fourth-order valence-corrected chi connectivity index (χ4v) is 3.00. The molecule has 0 fully saturated rings. The van der Waals surface area contributed by atoms with Gasteiger partial charge in [0.1, 0.15) is 16.2 Å². The lowest BCUT2D eigenvalue weighted by atomic mass is 10.3. The highest BCUT2D eigenvalue weighted by atomic mass is 79.9. The number of nitrogens with zero attached hydrogens (tertiary/aromatic N) is 2. The molecule has 3 heterocycles. The Bertz CT molecular complexity index is 661. The summed E-state index contributed by atoms with van der Waals surface area (Å²) in [5, 5.41) is 11.5. The number of hydrogen-bond acceptors (Lipinski definition) is 3. The summed E-state index contributed by atoms with van der Waals surface area (Å²) in [4.78, 5) is 5.76. The van der Waals surface area contributed by atoms with Crippen LogP contribution < -0.4 is 0 Å². The van der Waals surface area contributed by atoms with Gasteiger partial charge in [-0.05, 0) is 33.4 Å². The van der Waals surface area contributed by atoms with Gasteiger partial charge in [-0.15, -0.1) is 11.3 Å². The van der Waals surface area contributed by atoms with Gasteiger partial charge >= 0.3 is 0 Å². The Hall–Kier alpha value is -1.33. The molecule has 0 radical (unpaired) electrons. The van der Waals surface area contributed by atoms with E-state index in [-0.39, 0.29) is 5.75 Å². The van der Waals surface area contributed by atoms with Crippen LogP contribution in [0, 0.1) is 0 Å². The Morgan fingerprint density at radius 2 is 2.29 bits per heavy atom. The van der Waals surface area contributed by atoms with Gasteiger partial charge in [0.15, 0.2) is 0 Å². The highest BCUT2D eigenvalue weighted by Gasteiger charge is 2.10. The van der Waals surface area contributed by atoms with Gasteiger partial charge in [-0.3, -0.25) is 0 Å². The zero-order valence-corrected chi connectivity index (χ0v) is 11.2. The maximum atomic E-state index is 9.46. The number of pyridine rings is 1. The van der Waals surface area contributed by atoms with Gasteiger partial charge < -0.3 is 9.51 Å². The van der Waals surface area contributed by atoms with Crippen molar-refractivity contribution in [1.82, 2.24) is 9.38 Å². The van der Waals surface area contributed by atoms with E-state index in [0.717, 1.165) is 22.4 Å². The second kappa shape index (κ2) is 4.16. The van der Waals surface area contributed by atoms with Crippen molar-refractivity contribution in [2.45, 2.75) is 6.42 Å². The number of halogens is 1. The number of hydrogen-bond donors (Lipinski definition) is 1. The Labute approximate surface area is 110 Å². The molecule has 0 unspecified atom stereocenters. The third-order valence-corrected chi connectivity index (χ3v) is 4.03. The molecule has 0 amide bonds. The molecule has 0 spiro atoms. The Morgan fingerprint density at radius 3 is 3.06 bits per heavy atom. The average molecular weight is 309 g/mol. The monoisotopic (exact) mass is 308 g/mol. The highest BCUT2D eigenvalue weighted by Crippen LogP contribution is 2.24. The Morgan fingerprint density at radius 1 is 1.41 bits per heavy atom. The first-order valence-electron chi connectivity index (χ1n) is 5.12. The SMILES string of the molecule is Oc1ccn2c(Cc3cccs3)nc(Br)c2c1. The van der Waals surface area contributed by atoms with E-state index in [2.05, 4.69) is 32.4 Å². The standard InChI is InChI=1S/C12H9BrN2OS/c13-12-10-6-8(16)3-4-15(10)11(14-12)7-9-2-1-5-17-9/h1-6,16H,7H2. The number of rotatable bonds is 2. The largest absolute Gasteiger partial charge is 0.508 e. The van der Waals surface area contributed by atoms with Gasteiger partial charge in [-0.1, -0.05) is 6.07 Å². The van der Waals surface area contributed by atoms with Crippen LogP contribution in [0.25, 0.3) is 5.52 Å². The molecular formula is C12H9BrN2OS. The summed E-state index contributed by atoms with van der Waals surface area (Å²) in [5.74, 6) is 1.22. The molecular weight excluding hydrogens is 300 g/mol. The fraction of sp³-hybridized carbons (Fsp3) is 0.0833. The molecule has 0 atom stereocenters. The van der Waals surface area contributed by atoms with Crippen LogP contribution in [0.5, 0.6) is 5.75 Å². The van der Waals surface area contributed by atoms with Gasteiger partial charge in [-0.2, -0.15) is 0 Å². The molecule has 1 N–H and O–H groups in total. The topological polar surface area (TPSA) is 37.5 Å². The van der Waals surface area contributed by atoms with Crippen LogP contribution in [0.15, 0.2) is 40.4 Å². The van der Waals surface area contributed by atoms with Gasteiger partial charge in [-0.25, -0.2) is 4.98 Å². The summed E-state index contributed by atoms with van der Waals surface area (Å²) in [6.45, 7) is 0. The van der Waals surface area contributed by atoms with E-state index in [1.807, 2.05) is 16.7 Å². The summed E-state index contributed by atoms with van der Waals surface area (Å²) in [5.41, 5.74) is 0.886. The maximum Gasteiger partial charge on any atom is 0.132 e. The molecule has 0 aliphatic rings. The van der Waals surface area contributed by atoms with Crippen LogP contribution >= 0.6 is 27.3 Å². The Kier molecular flexibility index (Phi) is 2.64. The van der Waals surface area contributed by atoms with Crippen molar-refractivity contribution in [3.8, 4) is 5.75 Å². The first-order valence-corrected chi connectivity index (χ1v) is 6.79. The average Bonchev–Trinajstić information content (AvgIpc) is 2.89. The molecule has 86 valence electrons. The minimum Gasteiger partial charge on any atom is -0.508 e. The van der Waals surface area contributed by atoms with Crippen molar-refractivity contribution in [3.05, 3.63) is 51.1 Å². The smallest absolute Gasteiger partial charge is 0.132 e. The summed E-state index contributed by atoms with van der Waals surface area (Å²) in [6.07, 6.45) is 2.64. The molecule has 0 bridgehead atoms. The quantitative estimate of drug-likeness (QED) is 0.787. The molecule has 3 nitrogen and oxygen atoms in total. The van der Waals surface area contributed by atoms with Crippen molar-refractivity contribution in [1.29, 1.82) is 0 Å². The lowest BCUT2D eigenvalue weighted by molar-refractivity contribution is 0.475. The molecule has 3 rings (SSSR count). The lowest BCUT2D eigenvalue weighted by Crippen LogP contribution is -1.94. The van der Waals surface area contributed by atoms with Crippen LogP contribution in [0.3, 0.4) is 0 Å². The van der Waals surface area contributed by atoms with Crippen LogP contribution in [0.1, 0.15) is 10.7 Å². The fourth-order valence-electron chi connectivity index (χ4n) is 1.79. The zero-order chi connectivity index (χ0) is 11.8. The van der Waals surface area contributed by atoms with Gasteiger partial charge in [0.25, 0.3) is 0 Å². The van der Waals surface area contributed by atoms with Crippen molar-refractivity contribution in [3.63, 3.8) is 0 Å². The number of thiophene rings is 1. The second-order valence-corrected chi connectivity index (χ2v) is 5.50. The van der Waals surface area contributed by atoms with E-state index in [0.29, 0.717) is 0 Å². The summed E-state index contributed by atoms with van der Waals surface area (Å²) >= 11 is 5.14. The predicted octanol–water partition coefficient (Wildman–Crippen LogP) is 3.45. The third kappa shape index (κ3) is 1.96. The molecule has 17 heavy (non-hydrogen) atoms. The first-order chi connectivity index (χ1) is 8.24. The Balaban J connectivity index is 2.11. The van der Waals surface area contributed by atoms with E-state index >= 15 is 0 Å². The van der Waals surface area contributed by atoms with Crippen molar-refractivity contribution < 1.29 is 5.11 Å². The van der Waals surface area contributed by atoms with Gasteiger partial charge in [0.05, 0.1) is 5.52 Å². The molecule has 0 aliphatic heterocycles. The van der Waals surface area contributed by atoms with E-state index < -0.39 is 0 Å². The van der Waals surface area contributed by atoms with Crippen molar-refractivity contribution in [2.75, 3.05) is 0 Å². The molecule has 0 aliphatic carbocycles. The number of aromatic hydroxyl groups is 1. The molecule has 3 aromatic rings. The number of aromatic nitrogens is 2. The minimum atomic E-state index is 0.251. The molecule has 5 heteroatoms. The normalized spacial score (nSPS) is 11.1. The lowest BCUT2D eigenvalue weighted by Gasteiger charge is -1.99. The van der Waals surface area contributed by atoms with E-state index in [1.54, 1.807) is 23.5 Å². The third-order valence-electron chi connectivity index (χ3n) is 2.57. The second-order valence-electron chi connectivity index (χ2n) is 3.72. The summed E-state index contributed by atoms with van der Waals surface area (Å²) < 4.78 is 2.75. The first kappa shape index (κ1) is 10.8. The maximum absolute atomic E-state index is 9.46. The summed E-state index contributed by atoms with van der Waals surface area (Å²) in [6, 6.07) is 7.50. The number of imidazole rings is 1. The van der Waals surface area contributed by atoms with Crippen molar-refractivity contribution >= 4 is 32.8 Å². The van der Waals surface area contributed by atoms with E-state index in [9.17, 15) is 5.11 Å². The molecule has 3 aromatic heterocycles. The highest BCUT2D eigenvalue weighted by molar-refractivity contribution is 9.10. The van der Waals surface area contributed by atoms with E-state index in [1.165, 1.54) is 4.88 Å². The van der Waals surface area contributed by atoms with Gasteiger partial charge in [0.2, 0.25) is 0 Å². The zero-order valence-electron chi connectivity index (χ0n) is 8.80. The van der Waals surface area contributed by atoms with Gasteiger partial charge in [0, 0.05) is 23.6 Å². The summed E-state index contributed by atoms with van der Waals surface area (Å²) in [7, 11) is 0. The minimum absolute atomic E-state index is 0.251. The molecule has 0 aromatic carbocycles. The molecule has 0 saturated carbocycles. The van der Waals surface area contributed by atoms with Crippen LogP contribution in [0.4, 0.5) is 0 Å². The van der Waals surface area contributed by atoms with Crippen LogP contribution in [-0.2, 0) is 6.42 Å². The van der Waals surface area contributed by atoms with E-state index in [4.69, 9.17) is 0 Å². The van der Waals surface area contributed by atoms with Crippen LogP contribution in [0.2, 0.25) is 0 Å². The van der Waals surface area contributed by atoms with Crippen LogP contribution in [-0.4, -0.2) is 14.5 Å². The predicted molar refractivity (Wildman–Crippen MR) is 71.7 cm³/mol.